The molecule has 0 saturated carbocycles. The normalized spacial score (nSPS) is 10.3. The van der Waals surface area contributed by atoms with Crippen LogP contribution in [0.25, 0.3) is 0 Å². The number of thioether (sulfide) groups is 1. The number of benzene rings is 2. The van der Waals surface area contributed by atoms with Crippen LogP contribution in [0.3, 0.4) is 0 Å². The number of hydrogen-bond acceptors (Lipinski definition) is 2. The molecule has 1 N–H and O–H groups in total. The van der Waals surface area contributed by atoms with Crippen molar-refractivity contribution in [1.29, 1.82) is 0 Å². The van der Waals surface area contributed by atoms with Crippen LogP contribution >= 0.6 is 27.7 Å². The maximum atomic E-state index is 13.4. The first-order valence-corrected chi connectivity index (χ1v) is 7.86. The number of hydrogen-bond donors (Lipinski definition) is 1. The molecule has 0 unspecified atom stereocenters. The highest BCUT2D eigenvalue weighted by atomic mass is 79.9. The highest BCUT2D eigenvalue weighted by Gasteiger charge is 2.06. The summed E-state index contributed by atoms with van der Waals surface area (Å²) in [7, 11) is 0. The van der Waals surface area contributed by atoms with Gasteiger partial charge in [0.15, 0.2) is 0 Å². The third-order valence-electron chi connectivity index (χ3n) is 2.57. The van der Waals surface area contributed by atoms with Crippen LogP contribution in [0.2, 0.25) is 0 Å². The van der Waals surface area contributed by atoms with Gasteiger partial charge in [-0.25, -0.2) is 4.39 Å². The second kappa shape index (κ2) is 7.45. The summed E-state index contributed by atoms with van der Waals surface area (Å²) in [4.78, 5) is 12.4. The molecule has 2 rings (SSSR count). The van der Waals surface area contributed by atoms with Crippen molar-refractivity contribution in [2.24, 2.45) is 0 Å². The van der Waals surface area contributed by atoms with E-state index in [2.05, 4.69) is 21.2 Å². The van der Waals surface area contributed by atoms with Gasteiger partial charge < -0.3 is 5.32 Å². The van der Waals surface area contributed by atoms with E-state index in [0.29, 0.717) is 17.1 Å². The van der Waals surface area contributed by atoms with E-state index < -0.39 is 0 Å². The number of para-hydroxylation sites is 1. The molecule has 0 bridgehead atoms. The van der Waals surface area contributed by atoms with Crippen molar-refractivity contribution in [3.8, 4) is 0 Å². The zero-order valence-electron chi connectivity index (χ0n) is 10.6. The number of rotatable bonds is 5. The Morgan fingerprint density at radius 1 is 1.15 bits per heavy atom. The summed E-state index contributed by atoms with van der Waals surface area (Å²) in [6, 6.07) is 14.0. The van der Waals surface area contributed by atoms with Crippen LogP contribution in [0.1, 0.15) is 6.42 Å². The number of carbonyl (C=O) groups excluding carboxylic acids is 1. The quantitative estimate of drug-likeness (QED) is 0.788. The lowest BCUT2D eigenvalue weighted by Crippen LogP contribution is -2.12. The monoisotopic (exact) mass is 353 g/mol. The van der Waals surface area contributed by atoms with Gasteiger partial charge in [-0.15, -0.1) is 11.8 Å². The Balaban J connectivity index is 1.82. The fraction of sp³-hybridized carbons (Fsp3) is 0.133. The summed E-state index contributed by atoms with van der Waals surface area (Å²) in [6.45, 7) is 0. The molecule has 2 nitrogen and oxygen atoms in total. The van der Waals surface area contributed by atoms with E-state index in [1.54, 1.807) is 18.2 Å². The van der Waals surface area contributed by atoms with E-state index in [1.165, 1.54) is 17.8 Å². The molecule has 0 radical (unpaired) electrons. The SMILES string of the molecule is O=C(CCSc1ccccc1F)Nc1ccccc1Br. The molecule has 0 atom stereocenters. The largest absolute Gasteiger partial charge is 0.325 e. The topological polar surface area (TPSA) is 29.1 Å². The fourth-order valence-electron chi connectivity index (χ4n) is 1.59. The molecule has 0 saturated heterocycles. The predicted molar refractivity (Wildman–Crippen MR) is 84.5 cm³/mol. The summed E-state index contributed by atoms with van der Waals surface area (Å²) in [5, 5.41) is 2.82. The van der Waals surface area contributed by atoms with Gasteiger partial charge in [0.1, 0.15) is 5.82 Å². The molecule has 0 aliphatic carbocycles. The molecule has 0 aromatic heterocycles. The minimum absolute atomic E-state index is 0.0826. The van der Waals surface area contributed by atoms with Crippen LogP contribution in [-0.4, -0.2) is 11.7 Å². The van der Waals surface area contributed by atoms with Gasteiger partial charge in [0.25, 0.3) is 0 Å². The minimum atomic E-state index is -0.247. The summed E-state index contributed by atoms with van der Waals surface area (Å²) in [6.07, 6.45) is 0.334. The van der Waals surface area contributed by atoms with Crippen molar-refractivity contribution in [1.82, 2.24) is 0 Å². The molecule has 0 spiro atoms. The first kappa shape index (κ1) is 15.1. The average Bonchev–Trinajstić information content (AvgIpc) is 2.43. The van der Waals surface area contributed by atoms with Crippen LogP contribution in [0, 0.1) is 5.82 Å². The molecule has 104 valence electrons. The van der Waals surface area contributed by atoms with Crippen molar-refractivity contribution in [2.45, 2.75) is 11.3 Å². The highest BCUT2D eigenvalue weighted by Crippen LogP contribution is 2.23. The standard InChI is InChI=1S/C15H13BrFNOS/c16-11-5-1-3-7-13(11)18-15(19)9-10-20-14-8-4-2-6-12(14)17/h1-8H,9-10H2,(H,18,19). The lowest BCUT2D eigenvalue weighted by molar-refractivity contribution is -0.115. The van der Waals surface area contributed by atoms with Crippen molar-refractivity contribution < 1.29 is 9.18 Å². The van der Waals surface area contributed by atoms with Crippen molar-refractivity contribution in [3.63, 3.8) is 0 Å². The summed E-state index contributed by atoms with van der Waals surface area (Å²) < 4.78 is 14.2. The van der Waals surface area contributed by atoms with E-state index in [4.69, 9.17) is 0 Å². The second-order valence-corrected chi connectivity index (χ2v) is 6.05. The molecule has 0 aliphatic rings. The summed E-state index contributed by atoms with van der Waals surface area (Å²) >= 11 is 4.71. The van der Waals surface area contributed by atoms with Crippen LogP contribution in [0.4, 0.5) is 10.1 Å². The second-order valence-electron chi connectivity index (χ2n) is 4.06. The van der Waals surface area contributed by atoms with Gasteiger partial charge in [-0.1, -0.05) is 24.3 Å². The molecular formula is C15H13BrFNOS. The van der Waals surface area contributed by atoms with E-state index in [9.17, 15) is 9.18 Å². The number of amides is 1. The minimum Gasteiger partial charge on any atom is -0.325 e. The fourth-order valence-corrected chi connectivity index (χ4v) is 2.86. The summed E-state index contributed by atoms with van der Waals surface area (Å²) in [5.74, 6) is 0.210. The van der Waals surface area contributed by atoms with E-state index >= 15 is 0 Å². The molecule has 0 heterocycles. The lowest BCUT2D eigenvalue weighted by Gasteiger charge is -2.07. The molecule has 0 fully saturated rings. The Bertz CT molecular complexity index is 606. The van der Waals surface area contributed by atoms with Gasteiger partial charge in [-0.3, -0.25) is 4.79 Å². The maximum Gasteiger partial charge on any atom is 0.225 e. The van der Waals surface area contributed by atoms with Gasteiger partial charge in [0.2, 0.25) is 5.91 Å². The number of carbonyl (C=O) groups is 1. The molecular weight excluding hydrogens is 341 g/mol. The molecule has 20 heavy (non-hydrogen) atoms. The Kier molecular flexibility index (Phi) is 5.61. The smallest absolute Gasteiger partial charge is 0.225 e. The maximum absolute atomic E-state index is 13.4. The molecule has 1 amide bonds. The van der Waals surface area contributed by atoms with Crippen molar-refractivity contribution in [2.75, 3.05) is 11.1 Å². The average molecular weight is 354 g/mol. The van der Waals surface area contributed by atoms with E-state index in [-0.39, 0.29) is 11.7 Å². The van der Waals surface area contributed by atoms with Gasteiger partial charge in [0, 0.05) is 21.5 Å². The summed E-state index contributed by atoms with van der Waals surface area (Å²) in [5.41, 5.74) is 0.744. The zero-order chi connectivity index (χ0) is 14.4. The number of anilines is 1. The third-order valence-corrected chi connectivity index (χ3v) is 4.31. The van der Waals surface area contributed by atoms with Gasteiger partial charge in [-0.05, 0) is 40.2 Å². The van der Waals surface area contributed by atoms with Gasteiger partial charge in [-0.2, -0.15) is 0 Å². The molecule has 2 aromatic rings. The Morgan fingerprint density at radius 2 is 1.85 bits per heavy atom. The van der Waals surface area contributed by atoms with E-state index in [1.807, 2.05) is 24.3 Å². The number of halogens is 2. The molecule has 5 heteroatoms. The van der Waals surface area contributed by atoms with Gasteiger partial charge >= 0.3 is 0 Å². The Labute approximate surface area is 129 Å². The first-order valence-electron chi connectivity index (χ1n) is 6.08. The van der Waals surface area contributed by atoms with Crippen molar-refractivity contribution in [3.05, 3.63) is 58.8 Å². The molecule has 0 aliphatic heterocycles. The van der Waals surface area contributed by atoms with Crippen LogP contribution in [0.5, 0.6) is 0 Å². The highest BCUT2D eigenvalue weighted by molar-refractivity contribution is 9.10. The zero-order valence-corrected chi connectivity index (χ0v) is 13.0. The predicted octanol–water partition coefficient (Wildman–Crippen LogP) is 4.71. The lowest BCUT2D eigenvalue weighted by atomic mass is 10.3. The number of nitrogens with one attached hydrogen (secondary N) is 1. The van der Waals surface area contributed by atoms with Crippen LogP contribution in [0.15, 0.2) is 57.9 Å². The van der Waals surface area contributed by atoms with Crippen LogP contribution in [-0.2, 0) is 4.79 Å². The van der Waals surface area contributed by atoms with E-state index in [0.717, 1.165) is 10.2 Å². The van der Waals surface area contributed by atoms with Crippen molar-refractivity contribution >= 4 is 39.3 Å². The van der Waals surface area contributed by atoms with Crippen LogP contribution < -0.4 is 5.32 Å². The molecule has 2 aromatic carbocycles. The van der Waals surface area contributed by atoms with Gasteiger partial charge in [0.05, 0.1) is 5.69 Å². The Morgan fingerprint density at radius 3 is 2.60 bits per heavy atom. The first-order chi connectivity index (χ1) is 9.66. The Hall–Kier alpha value is -1.33. The third kappa shape index (κ3) is 4.35.